The summed E-state index contributed by atoms with van der Waals surface area (Å²) in [5.41, 5.74) is 2.17. The second-order valence-corrected chi connectivity index (χ2v) is 7.54. The smallest absolute Gasteiger partial charge is 0.362 e. The van der Waals surface area contributed by atoms with E-state index in [2.05, 4.69) is 39.8 Å². The quantitative estimate of drug-likeness (QED) is 0.513. The van der Waals surface area contributed by atoms with Crippen LogP contribution in [0.25, 0.3) is 0 Å². The van der Waals surface area contributed by atoms with Gasteiger partial charge in [0, 0.05) is 31.9 Å². The van der Waals surface area contributed by atoms with Crippen molar-refractivity contribution < 1.29 is 13.2 Å². The molecule has 0 unspecified atom stereocenters. The molecule has 3 nitrogen and oxygen atoms in total. The molecule has 28 heavy (non-hydrogen) atoms. The van der Waals surface area contributed by atoms with Gasteiger partial charge < -0.3 is 10.6 Å². The number of nitrogens with one attached hydrogen (secondary N) is 2. The summed E-state index contributed by atoms with van der Waals surface area (Å²) in [6.45, 7) is 3.56. The molecule has 3 rings (SSSR count). The van der Waals surface area contributed by atoms with Crippen molar-refractivity contribution >= 4 is 34.6 Å². The molecule has 0 aromatic heterocycles. The molecule has 2 aromatic carbocycles. The van der Waals surface area contributed by atoms with Gasteiger partial charge in [0.2, 0.25) is 0 Å². The van der Waals surface area contributed by atoms with E-state index in [4.69, 9.17) is 23.8 Å². The van der Waals surface area contributed by atoms with Crippen LogP contribution in [0.4, 0.5) is 18.9 Å². The average Bonchev–Trinajstić information content (AvgIpc) is 2.66. The molecule has 0 amide bonds. The van der Waals surface area contributed by atoms with Crippen molar-refractivity contribution in [3.8, 4) is 0 Å². The maximum absolute atomic E-state index is 12.9. The number of nitrogens with zero attached hydrogens (tertiary/aromatic N) is 1. The van der Waals surface area contributed by atoms with E-state index in [9.17, 15) is 13.2 Å². The van der Waals surface area contributed by atoms with Crippen LogP contribution in [0.15, 0.2) is 42.5 Å². The zero-order valence-electron chi connectivity index (χ0n) is 15.2. The number of rotatable bonds is 5. The first-order chi connectivity index (χ1) is 13.3. The third kappa shape index (κ3) is 5.59. The van der Waals surface area contributed by atoms with Crippen molar-refractivity contribution in [3.05, 3.63) is 64.2 Å². The number of benzene rings is 2. The zero-order chi connectivity index (χ0) is 20.1. The third-order valence-electron chi connectivity index (χ3n) is 4.68. The Kier molecular flexibility index (Phi) is 6.80. The highest BCUT2D eigenvalue weighted by atomic mass is 35.5. The fourth-order valence-corrected chi connectivity index (χ4v) is 3.69. The van der Waals surface area contributed by atoms with E-state index in [1.807, 2.05) is 0 Å². The molecule has 2 aromatic rings. The first-order valence-electron chi connectivity index (χ1n) is 9.03. The van der Waals surface area contributed by atoms with Gasteiger partial charge in [-0.1, -0.05) is 35.9 Å². The summed E-state index contributed by atoms with van der Waals surface area (Å²) >= 11 is 10.8. The minimum Gasteiger partial charge on any atom is -0.362 e. The predicted octanol–water partition coefficient (Wildman–Crippen LogP) is 5.09. The van der Waals surface area contributed by atoms with E-state index in [0.29, 0.717) is 11.7 Å². The van der Waals surface area contributed by atoms with Crippen LogP contribution in [-0.2, 0) is 19.1 Å². The molecule has 0 fully saturated rings. The molecule has 1 heterocycles. The Morgan fingerprint density at radius 3 is 2.64 bits per heavy atom. The second-order valence-electron chi connectivity index (χ2n) is 6.72. The molecule has 150 valence electrons. The van der Waals surface area contributed by atoms with Crippen molar-refractivity contribution in [3.63, 3.8) is 0 Å². The zero-order valence-corrected chi connectivity index (χ0v) is 16.7. The van der Waals surface area contributed by atoms with Crippen LogP contribution in [0.3, 0.4) is 0 Å². The molecule has 1 aliphatic rings. The van der Waals surface area contributed by atoms with Crippen LogP contribution in [0.2, 0.25) is 5.02 Å². The number of fused-ring (bicyclic) bond motifs is 1. The van der Waals surface area contributed by atoms with Crippen LogP contribution in [0, 0.1) is 0 Å². The number of hydrogen-bond donors (Lipinski definition) is 2. The van der Waals surface area contributed by atoms with Crippen molar-refractivity contribution in [1.29, 1.82) is 0 Å². The maximum Gasteiger partial charge on any atom is 0.417 e. The lowest BCUT2D eigenvalue weighted by atomic mass is 10.00. The van der Waals surface area contributed by atoms with Crippen LogP contribution in [0.1, 0.15) is 23.1 Å². The number of halogens is 4. The molecule has 2 N–H and O–H groups in total. The van der Waals surface area contributed by atoms with Gasteiger partial charge in [0.1, 0.15) is 0 Å². The summed E-state index contributed by atoms with van der Waals surface area (Å²) in [5.74, 6) is 0. The molecule has 8 heteroatoms. The topological polar surface area (TPSA) is 27.3 Å². The van der Waals surface area contributed by atoms with Crippen molar-refractivity contribution in [2.75, 3.05) is 25.0 Å². The standard InChI is InChI=1S/C20H21ClF3N3S/c21-18-7-6-16(12-17(18)20(22,23)24)26-19(28)25-9-3-10-27-11-8-14-4-1-2-5-15(14)13-27/h1-2,4-7,12H,3,8-11,13H2,(H2,25,26,28). The van der Waals surface area contributed by atoms with Crippen molar-refractivity contribution in [1.82, 2.24) is 10.2 Å². The van der Waals surface area contributed by atoms with Crippen LogP contribution in [0.5, 0.6) is 0 Å². The summed E-state index contributed by atoms with van der Waals surface area (Å²) in [6, 6.07) is 12.1. The minimum absolute atomic E-state index is 0.252. The largest absolute Gasteiger partial charge is 0.417 e. The van der Waals surface area contributed by atoms with E-state index < -0.39 is 11.7 Å². The van der Waals surface area contributed by atoms with Crippen molar-refractivity contribution in [2.24, 2.45) is 0 Å². The van der Waals surface area contributed by atoms with E-state index >= 15 is 0 Å². The number of anilines is 1. The summed E-state index contributed by atoms with van der Waals surface area (Å²) < 4.78 is 38.8. The summed E-state index contributed by atoms with van der Waals surface area (Å²) in [7, 11) is 0. The Hall–Kier alpha value is -1.83. The Morgan fingerprint density at radius 1 is 1.14 bits per heavy atom. The first kappa shape index (κ1) is 20.9. The van der Waals surface area contributed by atoms with Crippen molar-refractivity contribution in [2.45, 2.75) is 25.6 Å². The number of thiocarbonyl (C=S) groups is 1. The van der Waals surface area contributed by atoms with E-state index in [1.54, 1.807) is 0 Å². The predicted molar refractivity (Wildman–Crippen MR) is 111 cm³/mol. The van der Waals surface area contributed by atoms with Gasteiger partial charge in [-0.25, -0.2) is 0 Å². The van der Waals surface area contributed by atoms with Gasteiger partial charge in [0.25, 0.3) is 0 Å². The highest BCUT2D eigenvalue weighted by molar-refractivity contribution is 7.80. The number of alkyl halides is 3. The molecule has 1 aliphatic heterocycles. The Bertz CT molecular complexity index is 842. The van der Waals surface area contributed by atoms with Gasteiger partial charge in [0.05, 0.1) is 10.6 Å². The van der Waals surface area contributed by atoms with Gasteiger partial charge in [-0.05, 0) is 54.4 Å². The molecule has 0 aliphatic carbocycles. The second kappa shape index (κ2) is 9.11. The highest BCUT2D eigenvalue weighted by Crippen LogP contribution is 2.36. The third-order valence-corrected chi connectivity index (χ3v) is 5.25. The molecular weight excluding hydrogens is 407 g/mol. The lowest BCUT2D eigenvalue weighted by Crippen LogP contribution is -2.34. The lowest BCUT2D eigenvalue weighted by Gasteiger charge is -2.28. The molecule has 0 saturated heterocycles. The Labute approximate surface area is 172 Å². The van der Waals surface area contributed by atoms with Gasteiger partial charge in [0.15, 0.2) is 5.11 Å². The first-order valence-corrected chi connectivity index (χ1v) is 9.82. The monoisotopic (exact) mass is 427 g/mol. The normalized spacial score (nSPS) is 14.4. The van der Waals surface area contributed by atoms with E-state index in [-0.39, 0.29) is 10.7 Å². The van der Waals surface area contributed by atoms with E-state index in [1.165, 1.54) is 23.3 Å². The van der Waals surface area contributed by atoms with Crippen LogP contribution < -0.4 is 10.6 Å². The van der Waals surface area contributed by atoms with E-state index in [0.717, 1.165) is 38.5 Å². The Balaban J connectivity index is 1.42. The van der Waals surface area contributed by atoms with Gasteiger partial charge in [-0.3, -0.25) is 4.90 Å². The van der Waals surface area contributed by atoms with Gasteiger partial charge in [-0.2, -0.15) is 13.2 Å². The van der Waals surface area contributed by atoms with Gasteiger partial charge in [-0.15, -0.1) is 0 Å². The lowest BCUT2D eigenvalue weighted by molar-refractivity contribution is -0.137. The summed E-state index contributed by atoms with van der Waals surface area (Å²) in [4.78, 5) is 2.40. The fourth-order valence-electron chi connectivity index (χ4n) is 3.25. The molecule has 0 saturated carbocycles. The van der Waals surface area contributed by atoms with Gasteiger partial charge >= 0.3 is 6.18 Å². The maximum atomic E-state index is 12.9. The molecular formula is C20H21ClF3N3S. The molecule has 0 atom stereocenters. The average molecular weight is 428 g/mol. The van der Waals surface area contributed by atoms with Crippen LogP contribution in [-0.4, -0.2) is 29.6 Å². The Morgan fingerprint density at radius 2 is 1.89 bits per heavy atom. The number of hydrogen-bond acceptors (Lipinski definition) is 2. The highest BCUT2D eigenvalue weighted by Gasteiger charge is 2.33. The minimum atomic E-state index is -4.50. The molecule has 0 bridgehead atoms. The molecule has 0 radical (unpaired) electrons. The summed E-state index contributed by atoms with van der Waals surface area (Å²) in [5, 5.41) is 5.78. The summed E-state index contributed by atoms with van der Waals surface area (Å²) in [6.07, 6.45) is -2.56. The van der Waals surface area contributed by atoms with Crippen LogP contribution >= 0.6 is 23.8 Å². The SMILES string of the molecule is FC(F)(F)c1cc(NC(=S)NCCCN2CCc3ccccc3C2)ccc1Cl. The fraction of sp³-hybridized carbons (Fsp3) is 0.350. The molecule has 0 spiro atoms.